The second-order valence-electron chi connectivity index (χ2n) is 7.36. The molecule has 0 aromatic heterocycles. The number of carbonyl (C=O) groups excluding carboxylic acids is 1. The number of nitrogens with two attached hydrogens (primary N) is 1. The van der Waals surface area contributed by atoms with Crippen LogP contribution in [-0.2, 0) is 4.79 Å². The van der Waals surface area contributed by atoms with Gasteiger partial charge in [0.25, 0.3) is 5.91 Å². The van der Waals surface area contributed by atoms with Crippen LogP contribution in [-0.4, -0.2) is 36.0 Å². The summed E-state index contributed by atoms with van der Waals surface area (Å²) in [6.07, 6.45) is 1.73. The summed E-state index contributed by atoms with van der Waals surface area (Å²) in [6.45, 7) is 3.96. The van der Waals surface area contributed by atoms with Crippen molar-refractivity contribution in [3.8, 4) is 0 Å². The fraction of sp³-hybridized carbons (Fsp3) is 0.368. The molecule has 1 amide bonds. The number of anilines is 1. The summed E-state index contributed by atoms with van der Waals surface area (Å²) < 4.78 is 0. The first-order valence-electron chi connectivity index (χ1n) is 8.71. The van der Waals surface area contributed by atoms with Crippen molar-refractivity contribution >= 4 is 51.6 Å². The third-order valence-electron chi connectivity index (χ3n) is 5.32. The van der Waals surface area contributed by atoms with E-state index in [9.17, 15) is 4.79 Å². The summed E-state index contributed by atoms with van der Waals surface area (Å²) in [4.78, 5) is 20.6. The number of fused-ring (bicyclic) bond motifs is 1. The Balaban J connectivity index is 1.63. The van der Waals surface area contributed by atoms with Gasteiger partial charge < -0.3 is 16.0 Å². The van der Waals surface area contributed by atoms with E-state index in [0.717, 1.165) is 36.7 Å². The quantitative estimate of drug-likeness (QED) is 0.746. The average molecular weight is 423 g/mol. The first kappa shape index (κ1) is 18.9. The van der Waals surface area contributed by atoms with Gasteiger partial charge in [-0.25, -0.2) is 4.99 Å². The normalized spacial score (nSPS) is 25.3. The molecule has 3 aliphatic heterocycles. The third-order valence-corrected chi connectivity index (χ3v) is 7.29. The maximum atomic E-state index is 12.9. The number of nitrogens with zero attached hydrogens (tertiary/aromatic N) is 2. The lowest BCUT2D eigenvalue weighted by Crippen LogP contribution is -2.37. The van der Waals surface area contributed by atoms with Crippen LogP contribution in [0.5, 0.6) is 0 Å². The smallest absolute Gasteiger partial charge is 0.264 e. The minimum Gasteiger partial charge on any atom is -0.400 e. The fourth-order valence-electron chi connectivity index (χ4n) is 3.72. The van der Waals surface area contributed by atoms with Gasteiger partial charge in [-0.1, -0.05) is 41.0 Å². The van der Waals surface area contributed by atoms with Crippen molar-refractivity contribution in [3.05, 3.63) is 50.1 Å². The summed E-state index contributed by atoms with van der Waals surface area (Å²) >= 11 is 13.7. The summed E-state index contributed by atoms with van der Waals surface area (Å²) in [5.41, 5.74) is 9.46. The fourth-order valence-corrected chi connectivity index (χ4v) is 5.44. The number of benzene rings is 1. The Morgan fingerprint density at radius 2 is 2.07 bits per heavy atom. The number of likely N-dealkylation sites (N-methyl/N-ethyl adjacent to an activating group) is 1. The van der Waals surface area contributed by atoms with E-state index in [1.807, 2.05) is 0 Å². The first-order valence-corrected chi connectivity index (χ1v) is 10.3. The van der Waals surface area contributed by atoms with Crippen molar-refractivity contribution < 1.29 is 4.79 Å². The zero-order valence-electron chi connectivity index (χ0n) is 15.1. The van der Waals surface area contributed by atoms with Gasteiger partial charge in [-0.15, -0.1) is 0 Å². The Kier molecular flexibility index (Phi) is 4.79. The van der Waals surface area contributed by atoms with Crippen molar-refractivity contribution in [1.82, 2.24) is 4.90 Å². The van der Waals surface area contributed by atoms with Crippen molar-refractivity contribution in [2.24, 2.45) is 16.1 Å². The zero-order chi connectivity index (χ0) is 19.3. The molecule has 0 bridgehead atoms. The number of thioether (sulfide) groups is 1. The predicted molar refractivity (Wildman–Crippen MR) is 113 cm³/mol. The molecule has 3 heterocycles. The maximum absolute atomic E-state index is 12.9. The van der Waals surface area contributed by atoms with Crippen molar-refractivity contribution in [3.63, 3.8) is 0 Å². The molecule has 1 atom stereocenters. The molecule has 4 rings (SSSR count). The molecule has 0 spiro atoms. The molecule has 3 N–H and O–H groups in total. The zero-order valence-corrected chi connectivity index (χ0v) is 17.4. The maximum Gasteiger partial charge on any atom is 0.264 e. The lowest BCUT2D eigenvalue weighted by Gasteiger charge is -2.36. The van der Waals surface area contributed by atoms with Gasteiger partial charge in [0, 0.05) is 30.9 Å². The van der Waals surface area contributed by atoms with Gasteiger partial charge >= 0.3 is 0 Å². The summed E-state index contributed by atoms with van der Waals surface area (Å²) in [6, 6.07) is 5.10. The van der Waals surface area contributed by atoms with Gasteiger partial charge in [0.05, 0.1) is 31.1 Å². The SMILES string of the molecule is CN1CCC2=C(C1)CC1(C)C(=N2)SC(C(=O)Nc2c(Cl)cccc2Cl)=C1N. The van der Waals surface area contributed by atoms with Gasteiger partial charge in [-0.2, -0.15) is 0 Å². The van der Waals surface area contributed by atoms with Crippen LogP contribution in [0.15, 0.2) is 45.1 Å². The summed E-state index contributed by atoms with van der Waals surface area (Å²) in [5.74, 6) is -0.305. The molecule has 0 aliphatic carbocycles. The molecule has 1 aromatic rings. The van der Waals surface area contributed by atoms with Gasteiger partial charge in [-0.3, -0.25) is 4.79 Å². The predicted octanol–water partition coefficient (Wildman–Crippen LogP) is 4.25. The number of hydrogen-bond acceptors (Lipinski definition) is 5. The molecule has 1 unspecified atom stereocenters. The summed E-state index contributed by atoms with van der Waals surface area (Å²) in [5, 5.41) is 4.49. The third kappa shape index (κ3) is 3.18. The van der Waals surface area contributed by atoms with E-state index in [0.29, 0.717) is 26.3 Å². The van der Waals surface area contributed by atoms with Gasteiger partial charge in [-0.05, 0) is 38.1 Å². The molecule has 27 heavy (non-hydrogen) atoms. The Morgan fingerprint density at radius 1 is 1.37 bits per heavy atom. The Morgan fingerprint density at radius 3 is 2.78 bits per heavy atom. The minimum atomic E-state index is -0.432. The number of halogens is 2. The molecular weight excluding hydrogens is 403 g/mol. The summed E-state index contributed by atoms with van der Waals surface area (Å²) in [7, 11) is 2.11. The van der Waals surface area contributed by atoms with Crippen LogP contribution >= 0.6 is 35.0 Å². The number of hydrogen-bond donors (Lipinski definition) is 2. The highest BCUT2D eigenvalue weighted by Gasteiger charge is 2.47. The van der Waals surface area contributed by atoms with Crippen LogP contribution in [0.2, 0.25) is 10.0 Å². The van der Waals surface area contributed by atoms with Crippen molar-refractivity contribution in [2.45, 2.75) is 19.8 Å². The largest absolute Gasteiger partial charge is 0.400 e. The monoisotopic (exact) mass is 422 g/mol. The number of rotatable bonds is 2. The van der Waals surface area contributed by atoms with Crippen LogP contribution < -0.4 is 11.1 Å². The Labute approximate surface area is 172 Å². The molecule has 5 nitrogen and oxygen atoms in total. The van der Waals surface area contributed by atoms with E-state index in [4.69, 9.17) is 33.9 Å². The Bertz CT molecular complexity index is 919. The molecule has 0 saturated carbocycles. The molecule has 3 aliphatic rings. The molecule has 8 heteroatoms. The van der Waals surface area contributed by atoms with E-state index >= 15 is 0 Å². The van der Waals surface area contributed by atoms with Crippen LogP contribution in [0.25, 0.3) is 0 Å². The van der Waals surface area contributed by atoms with Gasteiger partial charge in [0.1, 0.15) is 0 Å². The second-order valence-corrected chi connectivity index (χ2v) is 9.17. The van der Waals surface area contributed by atoms with E-state index in [1.165, 1.54) is 17.3 Å². The van der Waals surface area contributed by atoms with E-state index in [-0.39, 0.29) is 5.91 Å². The highest BCUT2D eigenvalue weighted by atomic mass is 35.5. The molecule has 0 fully saturated rings. The number of allylic oxidation sites excluding steroid dienone is 1. The van der Waals surface area contributed by atoms with E-state index in [2.05, 4.69) is 24.2 Å². The van der Waals surface area contributed by atoms with Crippen LogP contribution in [0.4, 0.5) is 5.69 Å². The van der Waals surface area contributed by atoms with Crippen LogP contribution in [0.1, 0.15) is 19.8 Å². The molecular formula is C19H20Cl2N4OS. The number of para-hydroxylation sites is 1. The van der Waals surface area contributed by atoms with Crippen molar-refractivity contribution in [1.29, 1.82) is 0 Å². The lowest BCUT2D eigenvalue weighted by atomic mass is 9.78. The lowest BCUT2D eigenvalue weighted by molar-refractivity contribution is -0.112. The number of aliphatic imine (C=N–C) groups is 1. The first-order chi connectivity index (χ1) is 12.8. The molecule has 142 valence electrons. The standard InChI is InChI=1S/C19H20Cl2N4OS/c1-19-8-10-9-25(2)7-6-13(10)23-18(19)27-15(16(19)22)17(26)24-14-11(20)4-3-5-12(14)21/h3-5H,6-9,22H2,1-2H3,(H,24,26). The average Bonchev–Trinajstić information content (AvgIpc) is 2.87. The van der Waals surface area contributed by atoms with Crippen LogP contribution in [0.3, 0.4) is 0 Å². The minimum absolute atomic E-state index is 0.305. The second kappa shape index (κ2) is 6.85. The van der Waals surface area contributed by atoms with Crippen LogP contribution in [0, 0.1) is 5.41 Å². The number of nitrogens with one attached hydrogen (secondary N) is 1. The highest BCUT2D eigenvalue weighted by Crippen LogP contribution is 2.52. The Hall–Kier alpha value is -1.47. The van der Waals surface area contributed by atoms with Gasteiger partial charge in [0.2, 0.25) is 0 Å². The topological polar surface area (TPSA) is 70.7 Å². The highest BCUT2D eigenvalue weighted by molar-refractivity contribution is 8.18. The number of carbonyl (C=O) groups is 1. The molecule has 0 saturated heterocycles. The molecule has 0 radical (unpaired) electrons. The van der Waals surface area contributed by atoms with E-state index < -0.39 is 5.41 Å². The van der Waals surface area contributed by atoms with Crippen molar-refractivity contribution in [2.75, 3.05) is 25.5 Å². The van der Waals surface area contributed by atoms with Gasteiger partial charge in [0.15, 0.2) is 0 Å². The molecule has 1 aromatic carbocycles. The van der Waals surface area contributed by atoms with E-state index in [1.54, 1.807) is 18.2 Å². The number of amides is 1.